The normalized spacial score (nSPS) is 10.5. The molecule has 0 aromatic carbocycles. The van der Waals surface area contributed by atoms with Gasteiger partial charge in [-0.2, -0.15) is 0 Å². The zero-order valence-electron chi connectivity index (χ0n) is 9.48. The van der Waals surface area contributed by atoms with E-state index in [9.17, 15) is 0 Å². The van der Waals surface area contributed by atoms with Gasteiger partial charge in [-0.1, -0.05) is 11.8 Å². The van der Waals surface area contributed by atoms with Crippen molar-refractivity contribution in [3.8, 4) is 0 Å². The van der Waals surface area contributed by atoms with E-state index in [1.54, 1.807) is 0 Å². The number of anilines is 2. The van der Waals surface area contributed by atoms with E-state index in [4.69, 9.17) is 5.84 Å². The molecule has 6 heteroatoms. The fraction of sp³-hybridized carbons (Fsp3) is 0.556. The standard InChI is InChI=1S/C9H17N5S/c1-6(2)14(3)8-5-7(13-10)11-9(12-8)15-4/h5-6H,10H2,1-4H3,(H,11,12,13). The monoisotopic (exact) mass is 227 g/mol. The van der Waals surface area contributed by atoms with Crippen LogP contribution in [0.1, 0.15) is 13.8 Å². The Bertz CT molecular complexity index is 306. The molecule has 0 bridgehead atoms. The molecule has 0 radical (unpaired) electrons. The Labute approximate surface area is 94.4 Å². The topological polar surface area (TPSA) is 67.1 Å². The maximum atomic E-state index is 5.35. The minimum Gasteiger partial charge on any atom is -0.357 e. The third-order valence-corrected chi connectivity index (χ3v) is 2.71. The van der Waals surface area contributed by atoms with Crippen LogP contribution in [0.4, 0.5) is 11.6 Å². The lowest BCUT2D eigenvalue weighted by molar-refractivity contribution is 0.733. The molecule has 0 fully saturated rings. The number of rotatable bonds is 4. The maximum absolute atomic E-state index is 5.35. The van der Waals surface area contributed by atoms with Crippen molar-refractivity contribution in [2.45, 2.75) is 25.0 Å². The molecule has 1 rings (SSSR count). The minimum absolute atomic E-state index is 0.389. The van der Waals surface area contributed by atoms with E-state index in [0.717, 1.165) is 5.82 Å². The van der Waals surface area contributed by atoms with Crippen molar-refractivity contribution in [2.24, 2.45) is 5.84 Å². The fourth-order valence-electron chi connectivity index (χ4n) is 1.02. The van der Waals surface area contributed by atoms with Crippen molar-refractivity contribution in [3.63, 3.8) is 0 Å². The first-order valence-corrected chi connectivity index (χ1v) is 5.93. The lowest BCUT2D eigenvalue weighted by Crippen LogP contribution is -2.27. The summed E-state index contributed by atoms with van der Waals surface area (Å²) < 4.78 is 0. The van der Waals surface area contributed by atoms with Crippen LogP contribution in [0.2, 0.25) is 0 Å². The number of nitrogens with two attached hydrogens (primary N) is 1. The van der Waals surface area contributed by atoms with Crippen LogP contribution in [0.15, 0.2) is 11.2 Å². The first kappa shape index (κ1) is 12.1. The van der Waals surface area contributed by atoms with Gasteiger partial charge in [0, 0.05) is 19.2 Å². The van der Waals surface area contributed by atoms with Crippen molar-refractivity contribution < 1.29 is 0 Å². The van der Waals surface area contributed by atoms with Gasteiger partial charge in [0.05, 0.1) is 0 Å². The van der Waals surface area contributed by atoms with Gasteiger partial charge < -0.3 is 10.3 Å². The second-order valence-electron chi connectivity index (χ2n) is 3.45. The SMILES string of the molecule is CSc1nc(NN)cc(N(C)C(C)C)n1. The van der Waals surface area contributed by atoms with Crippen LogP contribution in [0.3, 0.4) is 0 Å². The lowest BCUT2D eigenvalue weighted by Gasteiger charge is -2.23. The third-order valence-electron chi connectivity index (χ3n) is 2.16. The summed E-state index contributed by atoms with van der Waals surface area (Å²) in [6.07, 6.45) is 1.94. The number of nitrogens with one attached hydrogen (secondary N) is 1. The van der Waals surface area contributed by atoms with Gasteiger partial charge >= 0.3 is 0 Å². The Morgan fingerprint density at radius 1 is 1.47 bits per heavy atom. The highest BCUT2D eigenvalue weighted by Gasteiger charge is 2.09. The molecule has 0 aliphatic rings. The van der Waals surface area contributed by atoms with Gasteiger partial charge in [-0.05, 0) is 20.1 Å². The molecule has 0 aliphatic heterocycles. The quantitative estimate of drug-likeness (QED) is 0.350. The summed E-state index contributed by atoms with van der Waals surface area (Å²) in [5.41, 5.74) is 2.54. The third kappa shape index (κ3) is 2.97. The summed E-state index contributed by atoms with van der Waals surface area (Å²) in [7, 11) is 2.00. The molecule has 1 heterocycles. The van der Waals surface area contributed by atoms with Gasteiger partial charge in [-0.25, -0.2) is 15.8 Å². The molecule has 5 nitrogen and oxygen atoms in total. The highest BCUT2D eigenvalue weighted by molar-refractivity contribution is 7.98. The molecule has 0 saturated heterocycles. The van der Waals surface area contributed by atoms with Crippen LogP contribution in [0, 0.1) is 0 Å². The van der Waals surface area contributed by atoms with Gasteiger partial charge in [0.2, 0.25) is 0 Å². The van der Waals surface area contributed by atoms with Crippen LogP contribution in [0.25, 0.3) is 0 Å². The van der Waals surface area contributed by atoms with Gasteiger partial charge in [0.15, 0.2) is 5.16 Å². The second-order valence-corrected chi connectivity index (χ2v) is 4.22. The van der Waals surface area contributed by atoms with Gasteiger partial charge in [0.25, 0.3) is 0 Å². The summed E-state index contributed by atoms with van der Waals surface area (Å²) in [6, 6.07) is 2.22. The van der Waals surface area contributed by atoms with E-state index >= 15 is 0 Å². The molecule has 0 unspecified atom stereocenters. The predicted molar refractivity (Wildman–Crippen MR) is 65.2 cm³/mol. The van der Waals surface area contributed by atoms with E-state index in [2.05, 4.69) is 34.1 Å². The van der Waals surface area contributed by atoms with E-state index in [0.29, 0.717) is 17.0 Å². The summed E-state index contributed by atoms with van der Waals surface area (Å²) in [4.78, 5) is 10.7. The average Bonchev–Trinajstić information content (AvgIpc) is 2.27. The van der Waals surface area contributed by atoms with Gasteiger partial charge in [-0.3, -0.25) is 0 Å². The Balaban J connectivity index is 3.06. The zero-order chi connectivity index (χ0) is 11.4. The van der Waals surface area contributed by atoms with E-state index in [1.807, 2.05) is 19.4 Å². The van der Waals surface area contributed by atoms with E-state index in [1.165, 1.54) is 11.8 Å². The molecule has 0 saturated carbocycles. The van der Waals surface area contributed by atoms with Gasteiger partial charge in [-0.15, -0.1) is 0 Å². The van der Waals surface area contributed by atoms with E-state index < -0.39 is 0 Å². The fourth-order valence-corrected chi connectivity index (χ4v) is 1.40. The van der Waals surface area contributed by atoms with Crippen LogP contribution >= 0.6 is 11.8 Å². The number of hydrazine groups is 1. The van der Waals surface area contributed by atoms with Gasteiger partial charge in [0.1, 0.15) is 11.6 Å². The smallest absolute Gasteiger partial charge is 0.191 e. The highest BCUT2D eigenvalue weighted by Crippen LogP contribution is 2.20. The summed E-state index contributed by atoms with van der Waals surface area (Å²) in [5, 5.41) is 0.716. The predicted octanol–water partition coefficient (Wildman–Crippen LogP) is 1.33. The van der Waals surface area contributed by atoms with E-state index in [-0.39, 0.29) is 0 Å². The minimum atomic E-state index is 0.389. The number of aromatic nitrogens is 2. The Hall–Kier alpha value is -1.01. The molecule has 84 valence electrons. The molecule has 0 aliphatic carbocycles. The van der Waals surface area contributed by atoms with Crippen molar-refractivity contribution in [1.82, 2.24) is 9.97 Å². The highest BCUT2D eigenvalue weighted by atomic mass is 32.2. The van der Waals surface area contributed by atoms with Crippen LogP contribution < -0.4 is 16.2 Å². The molecular formula is C9H17N5S. The first-order chi connectivity index (χ1) is 7.08. The Morgan fingerprint density at radius 3 is 2.60 bits per heavy atom. The molecular weight excluding hydrogens is 210 g/mol. The van der Waals surface area contributed by atoms with Crippen LogP contribution in [-0.4, -0.2) is 29.3 Å². The molecule has 15 heavy (non-hydrogen) atoms. The summed E-state index contributed by atoms with van der Waals surface area (Å²) in [6.45, 7) is 4.22. The number of hydrogen-bond acceptors (Lipinski definition) is 6. The van der Waals surface area contributed by atoms with Crippen LogP contribution in [-0.2, 0) is 0 Å². The lowest BCUT2D eigenvalue weighted by atomic mass is 10.3. The molecule has 0 spiro atoms. The van der Waals surface area contributed by atoms with Crippen molar-refractivity contribution in [1.29, 1.82) is 0 Å². The number of hydrogen-bond donors (Lipinski definition) is 2. The molecule has 0 atom stereocenters. The molecule has 1 aromatic rings. The van der Waals surface area contributed by atoms with Crippen LogP contribution in [0.5, 0.6) is 0 Å². The van der Waals surface area contributed by atoms with Crippen molar-refractivity contribution >= 4 is 23.4 Å². The number of nitrogen functional groups attached to an aromatic ring is 1. The first-order valence-electron chi connectivity index (χ1n) is 4.71. The largest absolute Gasteiger partial charge is 0.357 e. The molecule has 3 N–H and O–H groups in total. The Morgan fingerprint density at radius 2 is 2.13 bits per heavy atom. The summed E-state index contributed by atoms with van der Waals surface area (Å²) in [5.74, 6) is 6.86. The molecule has 1 aromatic heterocycles. The Kier molecular flexibility index (Phi) is 4.16. The summed E-state index contributed by atoms with van der Waals surface area (Å²) >= 11 is 1.50. The number of thioether (sulfide) groups is 1. The maximum Gasteiger partial charge on any atom is 0.191 e. The van der Waals surface area contributed by atoms with Crippen molar-refractivity contribution in [2.75, 3.05) is 23.6 Å². The zero-order valence-corrected chi connectivity index (χ0v) is 10.3. The molecule has 0 amide bonds. The van der Waals surface area contributed by atoms with Crippen molar-refractivity contribution in [3.05, 3.63) is 6.07 Å². The average molecular weight is 227 g/mol. The second kappa shape index (κ2) is 5.18. The number of nitrogens with zero attached hydrogens (tertiary/aromatic N) is 3.